The predicted octanol–water partition coefficient (Wildman–Crippen LogP) is 3.55. The van der Waals surface area contributed by atoms with Crippen molar-refractivity contribution < 1.29 is 14.7 Å². The van der Waals surface area contributed by atoms with E-state index in [-0.39, 0.29) is 11.7 Å². The number of allylic oxidation sites excluding steroid dienone is 1. The van der Waals surface area contributed by atoms with E-state index >= 15 is 0 Å². The highest BCUT2D eigenvalue weighted by molar-refractivity contribution is 6.03. The monoisotopic (exact) mass is 321 g/mol. The van der Waals surface area contributed by atoms with E-state index in [1.165, 1.54) is 6.07 Å². The molecule has 0 saturated heterocycles. The molecular weight excluding hydrogens is 302 g/mol. The number of phenolic OH excluding ortho intramolecular Hbond substituents is 1. The van der Waals surface area contributed by atoms with E-state index < -0.39 is 6.04 Å². The Bertz CT molecular complexity index is 852. The van der Waals surface area contributed by atoms with Crippen LogP contribution in [0.2, 0.25) is 0 Å². The number of carbonyl (C=O) groups excluding carboxylic acids is 2. The van der Waals surface area contributed by atoms with Gasteiger partial charge >= 0.3 is 0 Å². The Balaban J connectivity index is 2.25. The number of amides is 1. The fourth-order valence-electron chi connectivity index (χ4n) is 3.24. The highest BCUT2D eigenvalue weighted by atomic mass is 16.3. The van der Waals surface area contributed by atoms with Crippen LogP contribution in [0.1, 0.15) is 46.4 Å². The molecule has 4 nitrogen and oxygen atoms in total. The zero-order valence-electron chi connectivity index (χ0n) is 13.7. The van der Waals surface area contributed by atoms with Gasteiger partial charge in [0.25, 0.3) is 5.91 Å². The van der Waals surface area contributed by atoms with E-state index in [1.807, 2.05) is 38.1 Å². The number of nitrogens with one attached hydrogen (secondary N) is 1. The second-order valence-electron chi connectivity index (χ2n) is 5.90. The minimum absolute atomic E-state index is 0.100. The van der Waals surface area contributed by atoms with Crippen LogP contribution in [0.5, 0.6) is 5.75 Å². The highest BCUT2D eigenvalue weighted by Gasteiger charge is 2.33. The quantitative estimate of drug-likeness (QED) is 0.668. The molecule has 24 heavy (non-hydrogen) atoms. The van der Waals surface area contributed by atoms with Crippen molar-refractivity contribution in [2.75, 3.05) is 0 Å². The van der Waals surface area contributed by atoms with Crippen LogP contribution in [0.15, 0.2) is 48.0 Å². The van der Waals surface area contributed by atoms with Gasteiger partial charge in [-0.25, -0.2) is 0 Å². The maximum absolute atomic E-state index is 12.3. The summed E-state index contributed by atoms with van der Waals surface area (Å²) in [6.45, 7) is 3.90. The fourth-order valence-corrected chi connectivity index (χ4v) is 3.24. The van der Waals surface area contributed by atoms with E-state index in [4.69, 9.17) is 0 Å². The minimum Gasteiger partial charge on any atom is -0.508 e. The average Bonchev–Trinajstić information content (AvgIpc) is 2.89. The van der Waals surface area contributed by atoms with Gasteiger partial charge in [0.1, 0.15) is 12.0 Å². The topological polar surface area (TPSA) is 66.4 Å². The van der Waals surface area contributed by atoms with Crippen LogP contribution in [0.25, 0.3) is 5.57 Å². The number of rotatable bonds is 4. The second-order valence-corrected chi connectivity index (χ2v) is 5.90. The Kier molecular flexibility index (Phi) is 4.21. The number of aromatic hydroxyl groups is 1. The van der Waals surface area contributed by atoms with Crippen LogP contribution in [0.3, 0.4) is 0 Å². The molecule has 1 amide bonds. The number of aryl methyl sites for hydroxylation is 1. The van der Waals surface area contributed by atoms with Crippen molar-refractivity contribution in [2.24, 2.45) is 0 Å². The molecule has 1 aliphatic rings. The van der Waals surface area contributed by atoms with E-state index in [9.17, 15) is 14.7 Å². The predicted molar refractivity (Wildman–Crippen MR) is 92.8 cm³/mol. The number of hydrogen-bond donors (Lipinski definition) is 2. The van der Waals surface area contributed by atoms with Crippen molar-refractivity contribution in [3.8, 4) is 5.75 Å². The smallest absolute Gasteiger partial charge is 0.252 e. The van der Waals surface area contributed by atoms with Gasteiger partial charge in [-0.05, 0) is 59.4 Å². The normalized spacial score (nSPS) is 17.1. The van der Waals surface area contributed by atoms with Gasteiger partial charge in [0, 0.05) is 5.56 Å². The molecule has 122 valence electrons. The Hall–Kier alpha value is -2.88. The molecule has 1 atom stereocenters. The lowest BCUT2D eigenvalue weighted by Crippen LogP contribution is -2.21. The standard InChI is InChI=1S/C20H19NO3/c1-3-13(11-22)18(15-7-5-4-6-12(15)2)19-17-10-14(23)8-9-16(17)20(24)21-19/h4-11,19,23H,3H2,1-2H3,(H,21,24)/b18-13-. The molecule has 0 radical (unpaired) electrons. The van der Waals surface area contributed by atoms with Crippen LogP contribution in [-0.2, 0) is 4.79 Å². The molecular formula is C20H19NO3. The van der Waals surface area contributed by atoms with Crippen molar-refractivity contribution in [3.63, 3.8) is 0 Å². The Morgan fingerprint density at radius 1 is 1.25 bits per heavy atom. The molecule has 1 aliphatic heterocycles. The maximum atomic E-state index is 12.3. The van der Waals surface area contributed by atoms with E-state index in [0.29, 0.717) is 23.1 Å². The summed E-state index contributed by atoms with van der Waals surface area (Å²) in [6.07, 6.45) is 1.42. The third-order valence-corrected chi connectivity index (χ3v) is 4.46. The Morgan fingerprint density at radius 3 is 2.67 bits per heavy atom. The first-order chi connectivity index (χ1) is 11.6. The number of phenols is 1. The maximum Gasteiger partial charge on any atom is 0.252 e. The number of hydrogen-bond acceptors (Lipinski definition) is 3. The van der Waals surface area contributed by atoms with Gasteiger partial charge in [-0.1, -0.05) is 31.2 Å². The summed E-state index contributed by atoms with van der Waals surface area (Å²) >= 11 is 0. The van der Waals surface area contributed by atoms with Crippen molar-refractivity contribution in [3.05, 3.63) is 70.3 Å². The molecule has 1 unspecified atom stereocenters. The molecule has 0 saturated carbocycles. The average molecular weight is 321 g/mol. The van der Waals surface area contributed by atoms with Gasteiger partial charge in [0.05, 0.1) is 6.04 Å². The molecule has 2 aromatic rings. The Labute approximate surface area is 140 Å². The molecule has 0 fully saturated rings. The molecule has 0 aromatic heterocycles. The number of benzene rings is 2. The molecule has 1 heterocycles. The van der Waals surface area contributed by atoms with Crippen LogP contribution in [0, 0.1) is 6.92 Å². The molecule has 0 spiro atoms. The highest BCUT2D eigenvalue weighted by Crippen LogP contribution is 2.40. The van der Waals surface area contributed by atoms with Gasteiger partial charge < -0.3 is 10.4 Å². The van der Waals surface area contributed by atoms with Crippen molar-refractivity contribution in [2.45, 2.75) is 26.3 Å². The van der Waals surface area contributed by atoms with Crippen molar-refractivity contribution in [1.82, 2.24) is 5.32 Å². The first-order valence-corrected chi connectivity index (χ1v) is 7.94. The number of carbonyl (C=O) groups is 2. The summed E-state index contributed by atoms with van der Waals surface area (Å²) in [4.78, 5) is 24.0. The summed E-state index contributed by atoms with van der Waals surface area (Å²) in [5, 5.41) is 12.8. The van der Waals surface area contributed by atoms with E-state index in [0.717, 1.165) is 23.0 Å². The van der Waals surface area contributed by atoms with E-state index in [2.05, 4.69) is 5.32 Å². The number of aldehydes is 1. The van der Waals surface area contributed by atoms with Gasteiger partial charge in [0.15, 0.2) is 0 Å². The van der Waals surface area contributed by atoms with Crippen molar-refractivity contribution >= 4 is 17.8 Å². The summed E-state index contributed by atoms with van der Waals surface area (Å²) in [6, 6.07) is 12.1. The lowest BCUT2D eigenvalue weighted by atomic mass is 9.86. The van der Waals surface area contributed by atoms with Crippen LogP contribution < -0.4 is 5.32 Å². The lowest BCUT2D eigenvalue weighted by Gasteiger charge is -2.21. The lowest BCUT2D eigenvalue weighted by molar-refractivity contribution is -0.105. The second kappa shape index (κ2) is 6.32. The van der Waals surface area contributed by atoms with Gasteiger partial charge in [-0.2, -0.15) is 0 Å². The molecule has 0 bridgehead atoms. The minimum atomic E-state index is -0.444. The molecule has 3 rings (SSSR count). The third-order valence-electron chi connectivity index (χ3n) is 4.46. The summed E-state index contributed by atoms with van der Waals surface area (Å²) < 4.78 is 0. The van der Waals surface area contributed by atoms with E-state index in [1.54, 1.807) is 12.1 Å². The zero-order chi connectivity index (χ0) is 17.3. The first kappa shape index (κ1) is 16.0. The summed E-state index contributed by atoms with van der Waals surface area (Å²) in [7, 11) is 0. The molecule has 4 heteroatoms. The Morgan fingerprint density at radius 2 is 2.00 bits per heavy atom. The summed E-state index contributed by atoms with van der Waals surface area (Å²) in [5.74, 6) is -0.0917. The van der Waals surface area contributed by atoms with Gasteiger partial charge in [0.2, 0.25) is 0 Å². The SMILES string of the molecule is CC/C(C=O)=C(\c1ccccc1C)C1NC(=O)c2ccc(O)cc21. The van der Waals surface area contributed by atoms with Crippen LogP contribution >= 0.6 is 0 Å². The van der Waals surface area contributed by atoms with Crippen molar-refractivity contribution in [1.29, 1.82) is 0 Å². The fraction of sp³-hybridized carbons (Fsp3) is 0.200. The zero-order valence-corrected chi connectivity index (χ0v) is 13.7. The van der Waals surface area contributed by atoms with Crippen LogP contribution in [-0.4, -0.2) is 17.3 Å². The molecule has 0 aliphatic carbocycles. The van der Waals surface area contributed by atoms with Gasteiger partial charge in [-0.3, -0.25) is 9.59 Å². The summed E-state index contributed by atoms with van der Waals surface area (Å²) in [5.41, 5.74) is 4.64. The first-order valence-electron chi connectivity index (χ1n) is 7.94. The molecule has 2 aromatic carbocycles. The van der Waals surface area contributed by atoms with Crippen LogP contribution in [0.4, 0.5) is 0 Å². The number of fused-ring (bicyclic) bond motifs is 1. The largest absolute Gasteiger partial charge is 0.508 e. The third kappa shape index (κ3) is 2.60. The van der Waals surface area contributed by atoms with Gasteiger partial charge in [-0.15, -0.1) is 0 Å². The molecule has 2 N–H and O–H groups in total.